The van der Waals surface area contributed by atoms with Gasteiger partial charge in [-0.15, -0.1) is 12.4 Å². The zero-order valence-electron chi connectivity index (χ0n) is 13.3. The topological polar surface area (TPSA) is 12.0 Å². The van der Waals surface area contributed by atoms with Crippen molar-refractivity contribution in [3.8, 4) is 0 Å². The van der Waals surface area contributed by atoms with Crippen molar-refractivity contribution in [3.05, 3.63) is 71.3 Å². The highest BCUT2D eigenvalue weighted by atomic mass is 35.5. The molecule has 0 bridgehead atoms. The van der Waals surface area contributed by atoms with Gasteiger partial charge >= 0.3 is 0 Å². The smallest absolute Gasteiger partial charge is 0.0505 e. The monoisotopic (exact) mass is 311 g/mol. The van der Waals surface area contributed by atoms with E-state index in [9.17, 15) is 0 Å². The highest BCUT2D eigenvalue weighted by Crippen LogP contribution is 2.34. The molecule has 2 heteroatoms. The molecule has 0 aliphatic carbocycles. The second kappa shape index (κ2) is 6.41. The largest absolute Gasteiger partial charge is 0.376 e. The number of halogens is 1. The zero-order chi connectivity index (χ0) is 14.9. The minimum Gasteiger partial charge on any atom is -0.376 e. The molecule has 0 saturated carbocycles. The standard InChI is InChI=1S/C20H21N.ClH/c1-15-14-20(2,3)21-19-12-11-17(13-18(15)19)10-9-16-7-5-4-6-8-16;/h4-14,21H,1-3H3;1H. The Morgan fingerprint density at radius 2 is 1.59 bits per heavy atom. The molecule has 0 spiro atoms. The van der Waals surface area contributed by atoms with E-state index in [4.69, 9.17) is 0 Å². The van der Waals surface area contributed by atoms with Crippen molar-refractivity contribution in [1.82, 2.24) is 0 Å². The maximum Gasteiger partial charge on any atom is 0.0505 e. The molecule has 0 saturated heterocycles. The fourth-order valence-corrected chi connectivity index (χ4v) is 2.86. The van der Waals surface area contributed by atoms with Crippen LogP contribution in [0.4, 0.5) is 5.69 Å². The van der Waals surface area contributed by atoms with E-state index < -0.39 is 0 Å². The number of hydrogen-bond donors (Lipinski definition) is 1. The van der Waals surface area contributed by atoms with Crippen LogP contribution in [0.3, 0.4) is 0 Å². The number of fused-ring (bicyclic) bond motifs is 1. The summed E-state index contributed by atoms with van der Waals surface area (Å²) < 4.78 is 0. The highest BCUT2D eigenvalue weighted by Gasteiger charge is 2.21. The molecule has 0 atom stereocenters. The van der Waals surface area contributed by atoms with E-state index in [1.54, 1.807) is 0 Å². The minimum absolute atomic E-state index is 0. The van der Waals surface area contributed by atoms with Crippen LogP contribution in [0.25, 0.3) is 17.7 Å². The summed E-state index contributed by atoms with van der Waals surface area (Å²) in [5.74, 6) is 0. The van der Waals surface area contributed by atoms with Gasteiger partial charge in [-0.2, -0.15) is 0 Å². The van der Waals surface area contributed by atoms with Crippen LogP contribution in [0.1, 0.15) is 37.5 Å². The van der Waals surface area contributed by atoms with Gasteiger partial charge in [-0.1, -0.05) is 54.6 Å². The second-order valence-electron chi connectivity index (χ2n) is 6.22. The van der Waals surface area contributed by atoms with Gasteiger partial charge in [0.15, 0.2) is 0 Å². The highest BCUT2D eigenvalue weighted by molar-refractivity contribution is 5.85. The first-order valence-corrected chi connectivity index (χ1v) is 7.39. The molecule has 114 valence electrons. The number of anilines is 1. The summed E-state index contributed by atoms with van der Waals surface area (Å²) in [6.45, 7) is 6.58. The first kappa shape index (κ1) is 16.4. The average molecular weight is 312 g/mol. The zero-order valence-corrected chi connectivity index (χ0v) is 14.1. The molecule has 1 nitrogen and oxygen atoms in total. The summed E-state index contributed by atoms with van der Waals surface area (Å²) in [5, 5.41) is 3.57. The Balaban J connectivity index is 0.00000176. The van der Waals surface area contributed by atoms with Crippen molar-refractivity contribution < 1.29 is 0 Å². The Morgan fingerprint density at radius 3 is 2.32 bits per heavy atom. The summed E-state index contributed by atoms with van der Waals surface area (Å²) in [6.07, 6.45) is 6.61. The Kier molecular flexibility index (Phi) is 4.77. The van der Waals surface area contributed by atoms with Crippen LogP contribution in [0.2, 0.25) is 0 Å². The van der Waals surface area contributed by atoms with Crippen LogP contribution in [0, 0.1) is 0 Å². The van der Waals surface area contributed by atoms with E-state index in [0.29, 0.717) is 0 Å². The van der Waals surface area contributed by atoms with E-state index in [0.717, 1.165) is 0 Å². The van der Waals surface area contributed by atoms with Crippen molar-refractivity contribution >= 4 is 35.8 Å². The van der Waals surface area contributed by atoms with Gasteiger partial charge in [-0.3, -0.25) is 0 Å². The number of nitrogens with one attached hydrogen (secondary N) is 1. The van der Waals surface area contributed by atoms with Crippen LogP contribution in [0.15, 0.2) is 54.6 Å². The van der Waals surface area contributed by atoms with Crippen LogP contribution >= 0.6 is 12.4 Å². The van der Waals surface area contributed by atoms with Crippen molar-refractivity contribution in [2.45, 2.75) is 26.3 Å². The molecule has 0 unspecified atom stereocenters. The Morgan fingerprint density at radius 1 is 0.909 bits per heavy atom. The van der Waals surface area contributed by atoms with Gasteiger partial charge in [-0.05, 0) is 49.6 Å². The number of hydrogen-bond acceptors (Lipinski definition) is 1. The summed E-state index contributed by atoms with van der Waals surface area (Å²) >= 11 is 0. The molecule has 0 amide bonds. The summed E-state index contributed by atoms with van der Waals surface area (Å²) in [6, 6.07) is 17.0. The minimum atomic E-state index is 0. The van der Waals surface area contributed by atoms with Gasteiger partial charge < -0.3 is 5.32 Å². The molecule has 3 rings (SSSR count). The first-order chi connectivity index (χ1) is 10.0. The van der Waals surface area contributed by atoms with E-state index in [2.05, 4.69) is 86.8 Å². The lowest BCUT2D eigenvalue weighted by atomic mass is 9.90. The molecule has 1 N–H and O–H groups in total. The van der Waals surface area contributed by atoms with Gasteiger partial charge in [0, 0.05) is 11.3 Å². The van der Waals surface area contributed by atoms with E-state index in [1.807, 2.05) is 6.07 Å². The van der Waals surface area contributed by atoms with Gasteiger partial charge in [0.1, 0.15) is 0 Å². The van der Waals surface area contributed by atoms with Crippen LogP contribution in [0.5, 0.6) is 0 Å². The maximum absolute atomic E-state index is 3.57. The number of allylic oxidation sites excluding steroid dienone is 1. The molecule has 1 aliphatic rings. The molecule has 0 aromatic heterocycles. The van der Waals surface area contributed by atoms with Crippen molar-refractivity contribution in [3.63, 3.8) is 0 Å². The summed E-state index contributed by atoms with van der Waals surface area (Å²) in [7, 11) is 0. The summed E-state index contributed by atoms with van der Waals surface area (Å²) in [4.78, 5) is 0. The number of rotatable bonds is 2. The molecule has 2 aromatic rings. The molecule has 2 aromatic carbocycles. The third kappa shape index (κ3) is 3.61. The fraction of sp³-hybridized carbons (Fsp3) is 0.200. The van der Waals surface area contributed by atoms with Gasteiger partial charge in [0.25, 0.3) is 0 Å². The normalized spacial score (nSPS) is 15.5. The van der Waals surface area contributed by atoms with Crippen LogP contribution < -0.4 is 5.32 Å². The van der Waals surface area contributed by atoms with E-state index >= 15 is 0 Å². The van der Waals surface area contributed by atoms with Crippen molar-refractivity contribution in [2.75, 3.05) is 5.32 Å². The summed E-state index contributed by atoms with van der Waals surface area (Å²) in [5.41, 5.74) is 6.33. The molecule has 1 heterocycles. The van der Waals surface area contributed by atoms with Gasteiger partial charge in [0.2, 0.25) is 0 Å². The molecule has 22 heavy (non-hydrogen) atoms. The Labute approximate surface area is 139 Å². The Bertz CT molecular complexity index is 712. The fourth-order valence-electron chi connectivity index (χ4n) is 2.86. The first-order valence-electron chi connectivity index (χ1n) is 7.39. The van der Waals surface area contributed by atoms with Crippen LogP contribution in [-0.4, -0.2) is 5.54 Å². The predicted octanol–water partition coefficient (Wildman–Crippen LogP) is 5.89. The lowest BCUT2D eigenvalue weighted by Gasteiger charge is -2.31. The third-order valence-electron chi connectivity index (χ3n) is 3.77. The lowest BCUT2D eigenvalue weighted by Crippen LogP contribution is -2.31. The molecule has 0 radical (unpaired) electrons. The second-order valence-corrected chi connectivity index (χ2v) is 6.22. The SMILES string of the molecule is CC1=CC(C)(C)Nc2ccc(C=Cc3ccccc3)cc21.Cl. The lowest BCUT2D eigenvalue weighted by molar-refractivity contribution is 0.707. The average Bonchev–Trinajstić information content (AvgIpc) is 2.45. The third-order valence-corrected chi connectivity index (χ3v) is 3.77. The van der Waals surface area contributed by atoms with Crippen molar-refractivity contribution in [1.29, 1.82) is 0 Å². The van der Waals surface area contributed by atoms with Crippen molar-refractivity contribution in [2.24, 2.45) is 0 Å². The molecular weight excluding hydrogens is 290 g/mol. The van der Waals surface area contributed by atoms with E-state index in [1.165, 1.54) is 28.0 Å². The quantitative estimate of drug-likeness (QED) is 0.682. The van der Waals surface area contributed by atoms with Gasteiger partial charge in [-0.25, -0.2) is 0 Å². The van der Waals surface area contributed by atoms with Gasteiger partial charge in [0.05, 0.1) is 5.54 Å². The molecule has 0 fully saturated rings. The molecular formula is C20H22ClN. The maximum atomic E-state index is 3.57. The Hall–Kier alpha value is -1.99. The number of benzene rings is 2. The predicted molar refractivity (Wildman–Crippen MR) is 100 cm³/mol. The molecule has 1 aliphatic heterocycles. The van der Waals surface area contributed by atoms with Crippen LogP contribution in [-0.2, 0) is 0 Å². The van der Waals surface area contributed by atoms with E-state index in [-0.39, 0.29) is 17.9 Å².